The number of benzene rings is 1. The topological polar surface area (TPSA) is 78.1 Å². The Morgan fingerprint density at radius 2 is 2.00 bits per heavy atom. The Morgan fingerprint density at radius 3 is 2.60 bits per heavy atom. The summed E-state index contributed by atoms with van der Waals surface area (Å²) >= 11 is 5.77. The van der Waals surface area contributed by atoms with E-state index in [1.165, 1.54) is 6.20 Å². The Kier molecular flexibility index (Phi) is 4.43. The van der Waals surface area contributed by atoms with E-state index in [0.29, 0.717) is 16.1 Å². The molecule has 0 aliphatic heterocycles. The van der Waals surface area contributed by atoms with Gasteiger partial charge in [-0.05, 0) is 24.3 Å². The van der Waals surface area contributed by atoms with Crippen molar-refractivity contribution in [3.63, 3.8) is 0 Å². The van der Waals surface area contributed by atoms with Crippen LogP contribution in [0.3, 0.4) is 0 Å². The summed E-state index contributed by atoms with van der Waals surface area (Å²) in [5.41, 5.74) is 3.35. The van der Waals surface area contributed by atoms with Crippen LogP contribution in [0, 0.1) is 11.3 Å². The maximum Gasteiger partial charge on any atom is 0.272 e. The van der Waals surface area contributed by atoms with Crippen LogP contribution in [0.1, 0.15) is 15.9 Å². The second-order valence-electron chi connectivity index (χ2n) is 3.76. The second kappa shape index (κ2) is 6.45. The molecule has 0 aliphatic rings. The van der Waals surface area contributed by atoms with Gasteiger partial charge in [-0.3, -0.25) is 9.78 Å². The van der Waals surface area contributed by atoms with E-state index < -0.39 is 5.91 Å². The van der Waals surface area contributed by atoms with Crippen molar-refractivity contribution in [3.05, 3.63) is 64.9 Å². The standard InChI is InChI=1S/C14H9ClN4O/c15-12-5-3-10(4-6-12)13(8-16)18-19-14(20)11-2-1-7-17-9-11/h1-7,9H,(H,19,20)/b18-13-. The number of nitrogens with one attached hydrogen (secondary N) is 1. The summed E-state index contributed by atoms with van der Waals surface area (Å²) in [6.07, 6.45) is 2.98. The summed E-state index contributed by atoms with van der Waals surface area (Å²) in [4.78, 5) is 15.6. The summed E-state index contributed by atoms with van der Waals surface area (Å²) in [6.45, 7) is 0. The SMILES string of the molecule is N#C/C(=N/NC(=O)c1cccnc1)c1ccc(Cl)cc1. The average Bonchev–Trinajstić information content (AvgIpc) is 2.50. The first-order valence-electron chi connectivity index (χ1n) is 5.65. The van der Waals surface area contributed by atoms with E-state index in [0.717, 1.165) is 0 Å². The van der Waals surface area contributed by atoms with E-state index in [9.17, 15) is 4.79 Å². The molecule has 6 heteroatoms. The Hall–Kier alpha value is -2.71. The minimum absolute atomic E-state index is 0.0962. The van der Waals surface area contributed by atoms with Crippen molar-refractivity contribution in [2.45, 2.75) is 0 Å². The van der Waals surface area contributed by atoms with Crippen molar-refractivity contribution in [1.82, 2.24) is 10.4 Å². The maximum absolute atomic E-state index is 11.8. The lowest BCUT2D eigenvalue weighted by Gasteiger charge is -2.01. The lowest BCUT2D eigenvalue weighted by atomic mass is 10.1. The summed E-state index contributed by atoms with van der Waals surface area (Å²) in [5.74, 6) is -0.431. The number of amides is 1. The number of aromatic nitrogens is 1. The van der Waals surface area contributed by atoms with E-state index in [1.54, 1.807) is 42.6 Å². The molecular weight excluding hydrogens is 276 g/mol. The van der Waals surface area contributed by atoms with Gasteiger partial charge in [0.05, 0.1) is 5.56 Å². The third kappa shape index (κ3) is 3.40. The minimum atomic E-state index is -0.431. The molecule has 0 fully saturated rings. The van der Waals surface area contributed by atoms with Crippen LogP contribution in [0.5, 0.6) is 0 Å². The van der Waals surface area contributed by atoms with Gasteiger partial charge in [-0.25, -0.2) is 5.43 Å². The minimum Gasteiger partial charge on any atom is -0.267 e. The average molecular weight is 285 g/mol. The first kappa shape index (κ1) is 13.7. The van der Waals surface area contributed by atoms with Gasteiger partial charge in [0.25, 0.3) is 5.91 Å². The fourth-order valence-electron chi connectivity index (χ4n) is 1.43. The monoisotopic (exact) mass is 284 g/mol. The molecule has 1 heterocycles. The highest BCUT2D eigenvalue weighted by atomic mass is 35.5. The van der Waals surface area contributed by atoms with Crippen molar-refractivity contribution < 1.29 is 4.79 Å². The van der Waals surface area contributed by atoms with Crippen molar-refractivity contribution in [2.75, 3.05) is 0 Å². The Labute approximate surface area is 120 Å². The van der Waals surface area contributed by atoms with Crippen LogP contribution in [0.2, 0.25) is 5.02 Å². The lowest BCUT2D eigenvalue weighted by Crippen LogP contribution is -2.19. The van der Waals surface area contributed by atoms with E-state index >= 15 is 0 Å². The summed E-state index contributed by atoms with van der Waals surface area (Å²) in [7, 11) is 0. The number of rotatable bonds is 3. The lowest BCUT2D eigenvalue weighted by molar-refractivity contribution is 0.0954. The van der Waals surface area contributed by atoms with E-state index in [-0.39, 0.29) is 5.71 Å². The Bertz CT molecular complexity index is 675. The van der Waals surface area contributed by atoms with Gasteiger partial charge in [0, 0.05) is 23.0 Å². The van der Waals surface area contributed by atoms with Crippen molar-refractivity contribution in [2.24, 2.45) is 5.10 Å². The Morgan fingerprint density at radius 1 is 1.25 bits per heavy atom. The molecule has 0 saturated heterocycles. The van der Waals surface area contributed by atoms with E-state index in [4.69, 9.17) is 16.9 Å². The van der Waals surface area contributed by atoms with Crippen molar-refractivity contribution in [3.8, 4) is 6.07 Å². The van der Waals surface area contributed by atoms with E-state index in [2.05, 4.69) is 15.5 Å². The normalized spacial score (nSPS) is 10.7. The molecule has 0 bridgehead atoms. The van der Waals surface area contributed by atoms with Crippen LogP contribution in [0.4, 0.5) is 0 Å². The molecule has 1 amide bonds. The largest absolute Gasteiger partial charge is 0.272 e. The smallest absolute Gasteiger partial charge is 0.267 e. The number of hydrazone groups is 1. The number of halogens is 1. The van der Waals surface area contributed by atoms with Gasteiger partial charge in [-0.2, -0.15) is 10.4 Å². The fourth-order valence-corrected chi connectivity index (χ4v) is 1.56. The van der Waals surface area contributed by atoms with Crippen LogP contribution in [0.15, 0.2) is 53.9 Å². The van der Waals surface area contributed by atoms with Crippen molar-refractivity contribution in [1.29, 1.82) is 5.26 Å². The molecule has 1 aromatic heterocycles. The molecule has 0 saturated carbocycles. The van der Waals surface area contributed by atoms with E-state index in [1.807, 2.05) is 6.07 Å². The van der Waals surface area contributed by atoms with Crippen LogP contribution in [-0.4, -0.2) is 16.6 Å². The van der Waals surface area contributed by atoms with Gasteiger partial charge in [-0.1, -0.05) is 23.7 Å². The molecule has 0 aliphatic carbocycles. The molecule has 0 radical (unpaired) electrons. The highest BCUT2D eigenvalue weighted by Crippen LogP contribution is 2.10. The first-order valence-corrected chi connectivity index (χ1v) is 6.02. The number of carbonyl (C=O) groups excluding carboxylic acids is 1. The summed E-state index contributed by atoms with van der Waals surface area (Å²) in [5, 5.41) is 13.4. The highest BCUT2D eigenvalue weighted by molar-refractivity contribution is 6.30. The third-order valence-electron chi connectivity index (χ3n) is 2.42. The van der Waals surface area contributed by atoms with Crippen LogP contribution in [-0.2, 0) is 0 Å². The molecule has 0 atom stereocenters. The molecule has 5 nitrogen and oxygen atoms in total. The van der Waals surface area contributed by atoms with Gasteiger partial charge in [-0.15, -0.1) is 0 Å². The summed E-state index contributed by atoms with van der Waals surface area (Å²) in [6, 6.07) is 11.8. The molecule has 1 aromatic carbocycles. The second-order valence-corrected chi connectivity index (χ2v) is 4.20. The van der Waals surface area contributed by atoms with Crippen molar-refractivity contribution >= 4 is 23.2 Å². The molecule has 0 spiro atoms. The summed E-state index contributed by atoms with van der Waals surface area (Å²) < 4.78 is 0. The number of carbonyl (C=O) groups is 1. The first-order chi connectivity index (χ1) is 9.70. The molecule has 98 valence electrons. The highest BCUT2D eigenvalue weighted by Gasteiger charge is 2.06. The fraction of sp³-hybridized carbons (Fsp3) is 0. The molecule has 20 heavy (non-hydrogen) atoms. The van der Waals surface area contributed by atoms with Crippen LogP contribution < -0.4 is 5.43 Å². The third-order valence-corrected chi connectivity index (χ3v) is 2.67. The van der Waals surface area contributed by atoms with Gasteiger partial charge in [0.1, 0.15) is 6.07 Å². The number of hydrogen-bond acceptors (Lipinski definition) is 4. The van der Waals surface area contributed by atoms with Crippen LogP contribution in [0.25, 0.3) is 0 Å². The number of hydrogen-bond donors (Lipinski definition) is 1. The van der Waals surface area contributed by atoms with Gasteiger partial charge in [0.15, 0.2) is 5.71 Å². The molecule has 2 aromatic rings. The Balaban J connectivity index is 2.15. The van der Waals surface area contributed by atoms with Gasteiger partial charge >= 0.3 is 0 Å². The molecule has 0 unspecified atom stereocenters. The molecule has 1 N–H and O–H groups in total. The number of nitriles is 1. The van der Waals surface area contributed by atoms with Gasteiger partial charge in [0.2, 0.25) is 0 Å². The quantitative estimate of drug-likeness (QED) is 0.694. The number of nitrogens with zero attached hydrogens (tertiary/aromatic N) is 3. The zero-order valence-corrected chi connectivity index (χ0v) is 11.0. The maximum atomic E-state index is 11.8. The molecular formula is C14H9ClN4O. The zero-order chi connectivity index (χ0) is 14.4. The zero-order valence-electron chi connectivity index (χ0n) is 10.2. The molecule has 2 rings (SSSR count). The predicted molar refractivity (Wildman–Crippen MR) is 75.3 cm³/mol. The van der Waals surface area contributed by atoms with Gasteiger partial charge < -0.3 is 0 Å². The number of pyridine rings is 1. The van der Waals surface area contributed by atoms with Crippen LogP contribution >= 0.6 is 11.6 Å². The predicted octanol–water partition coefficient (Wildman–Crippen LogP) is 2.39.